The Kier molecular flexibility index (Phi) is 5.85. The summed E-state index contributed by atoms with van der Waals surface area (Å²) in [5, 5.41) is 2.85. The maximum Gasteiger partial charge on any atom is 0.261 e. The van der Waals surface area contributed by atoms with E-state index < -0.39 is 10.0 Å². The lowest BCUT2D eigenvalue weighted by Crippen LogP contribution is -2.32. The third-order valence-corrected chi connectivity index (χ3v) is 5.56. The first-order valence-corrected chi connectivity index (χ1v) is 9.73. The SMILES string of the molecule is CCC(C)NC(=O)c1ccccc1NS(=O)(=O)c1ccc(C)c(C)c1. The second-order valence-electron chi connectivity index (χ2n) is 6.18. The van der Waals surface area contributed by atoms with Crippen molar-refractivity contribution >= 4 is 21.6 Å². The van der Waals surface area contributed by atoms with E-state index in [0.717, 1.165) is 17.5 Å². The Labute approximate surface area is 149 Å². The lowest BCUT2D eigenvalue weighted by molar-refractivity contribution is 0.0940. The third-order valence-electron chi connectivity index (χ3n) is 4.19. The average Bonchev–Trinajstić information content (AvgIpc) is 2.57. The molecule has 25 heavy (non-hydrogen) atoms. The predicted molar refractivity (Wildman–Crippen MR) is 100 cm³/mol. The highest BCUT2D eigenvalue weighted by Crippen LogP contribution is 2.22. The van der Waals surface area contributed by atoms with Crippen LogP contribution in [0.4, 0.5) is 5.69 Å². The van der Waals surface area contributed by atoms with Gasteiger partial charge in [-0.3, -0.25) is 9.52 Å². The molecule has 2 rings (SSSR count). The normalized spacial score (nSPS) is 12.5. The fourth-order valence-corrected chi connectivity index (χ4v) is 3.42. The zero-order valence-corrected chi connectivity index (χ0v) is 15.8. The largest absolute Gasteiger partial charge is 0.350 e. The van der Waals surface area contributed by atoms with Gasteiger partial charge in [0.1, 0.15) is 0 Å². The number of carbonyl (C=O) groups excluding carboxylic acids is 1. The van der Waals surface area contributed by atoms with Crippen LogP contribution in [0.15, 0.2) is 47.4 Å². The molecule has 0 heterocycles. The monoisotopic (exact) mass is 360 g/mol. The van der Waals surface area contributed by atoms with Crippen LogP contribution in [0.25, 0.3) is 0 Å². The van der Waals surface area contributed by atoms with Gasteiger partial charge in [0.25, 0.3) is 15.9 Å². The molecule has 0 bridgehead atoms. The molecule has 1 amide bonds. The van der Waals surface area contributed by atoms with Crippen LogP contribution in [0.1, 0.15) is 41.8 Å². The van der Waals surface area contributed by atoms with Crippen LogP contribution in [0, 0.1) is 13.8 Å². The zero-order valence-electron chi connectivity index (χ0n) is 15.0. The highest BCUT2D eigenvalue weighted by molar-refractivity contribution is 7.92. The summed E-state index contributed by atoms with van der Waals surface area (Å²) < 4.78 is 27.9. The van der Waals surface area contributed by atoms with Crippen LogP contribution in [0.2, 0.25) is 0 Å². The molecule has 0 fully saturated rings. The van der Waals surface area contributed by atoms with Crippen LogP contribution in [0.5, 0.6) is 0 Å². The fraction of sp³-hybridized carbons (Fsp3) is 0.316. The molecule has 1 unspecified atom stereocenters. The third kappa shape index (κ3) is 4.60. The summed E-state index contributed by atoms with van der Waals surface area (Å²) in [6.45, 7) is 7.66. The summed E-state index contributed by atoms with van der Waals surface area (Å²) in [5.74, 6) is -0.298. The number of carbonyl (C=O) groups is 1. The molecule has 5 nitrogen and oxygen atoms in total. The molecule has 0 aliphatic carbocycles. The van der Waals surface area contributed by atoms with Crippen molar-refractivity contribution in [3.05, 3.63) is 59.2 Å². The number of aryl methyl sites for hydroxylation is 2. The van der Waals surface area contributed by atoms with Crippen molar-refractivity contribution in [2.24, 2.45) is 0 Å². The molecule has 0 spiro atoms. The summed E-state index contributed by atoms with van der Waals surface area (Å²) in [5.41, 5.74) is 2.48. The second-order valence-corrected chi connectivity index (χ2v) is 7.86. The molecule has 2 N–H and O–H groups in total. The minimum atomic E-state index is -3.77. The number of para-hydroxylation sites is 1. The maximum atomic E-state index is 12.7. The van der Waals surface area contributed by atoms with Crippen LogP contribution in [-0.4, -0.2) is 20.4 Å². The molecule has 2 aromatic rings. The molecular weight excluding hydrogens is 336 g/mol. The molecule has 1 atom stereocenters. The second kappa shape index (κ2) is 7.70. The molecule has 0 aliphatic heterocycles. The number of rotatable bonds is 6. The quantitative estimate of drug-likeness (QED) is 0.826. The fourth-order valence-electron chi connectivity index (χ4n) is 2.26. The molecule has 0 aromatic heterocycles. The molecule has 6 heteroatoms. The van der Waals surface area contributed by atoms with Crippen LogP contribution >= 0.6 is 0 Å². The molecule has 0 saturated carbocycles. The Morgan fingerprint density at radius 3 is 2.40 bits per heavy atom. The van der Waals surface area contributed by atoms with E-state index >= 15 is 0 Å². The van der Waals surface area contributed by atoms with Crippen molar-refractivity contribution in [3.63, 3.8) is 0 Å². The van der Waals surface area contributed by atoms with Crippen molar-refractivity contribution < 1.29 is 13.2 Å². The van der Waals surface area contributed by atoms with Crippen molar-refractivity contribution in [1.29, 1.82) is 0 Å². The first-order chi connectivity index (χ1) is 11.7. The van der Waals surface area contributed by atoms with Crippen molar-refractivity contribution in [2.45, 2.75) is 45.1 Å². The predicted octanol–water partition coefficient (Wildman–Crippen LogP) is 3.63. The Morgan fingerprint density at radius 2 is 1.76 bits per heavy atom. The van der Waals surface area contributed by atoms with Gasteiger partial charge < -0.3 is 5.32 Å². The van der Waals surface area contributed by atoms with E-state index in [1.165, 1.54) is 0 Å². The minimum Gasteiger partial charge on any atom is -0.350 e. The number of hydrogen-bond donors (Lipinski definition) is 2. The molecule has 2 aromatic carbocycles. The van der Waals surface area contributed by atoms with Crippen LogP contribution in [-0.2, 0) is 10.0 Å². The van der Waals surface area contributed by atoms with E-state index in [1.807, 2.05) is 27.7 Å². The summed E-state index contributed by atoms with van der Waals surface area (Å²) in [7, 11) is -3.77. The van der Waals surface area contributed by atoms with Gasteiger partial charge in [-0.15, -0.1) is 0 Å². The van der Waals surface area contributed by atoms with Crippen molar-refractivity contribution in [1.82, 2.24) is 5.32 Å². The molecule has 0 saturated heterocycles. The number of amides is 1. The van der Waals surface area contributed by atoms with E-state index in [9.17, 15) is 13.2 Å². The van der Waals surface area contributed by atoms with Gasteiger partial charge >= 0.3 is 0 Å². The van der Waals surface area contributed by atoms with Gasteiger partial charge in [0, 0.05) is 6.04 Å². The van der Waals surface area contributed by atoms with Crippen LogP contribution < -0.4 is 10.0 Å². The van der Waals surface area contributed by atoms with E-state index in [-0.39, 0.29) is 22.5 Å². The topological polar surface area (TPSA) is 75.3 Å². The lowest BCUT2D eigenvalue weighted by atomic mass is 10.1. The highest BCUT2D eigenvalue weighted by Gasteiger charge is 2.19. The highest BCUT2D eigenvalue weighted by atomic mass is 32.2. The number of benzene rings is 2. The maximum absolute atomic E-state index is 12.7. The first kappa shape index (κ1) is 19.0. The van der Waals surface area contributed by atoms with E-state index in [2.05, 4.69) is 10.0 Å². The first-order valence-electron chi connectivity index (χ1n) is 8.24. The van der Waals surface area contributed by atoms with E-state index in [1.54, 1.807) is 42.5 Å². The van der Waals surface area contributed by atoms with Crippen LogP contribution in [0.3, 0.4) is 0 Å². The van der Waals surface area contributed by atoms with Gasteiger partial charge in [0.15, 0.2) is 0 Å². The Morgan fingerprint density at radius 1 is 1.08 bits per heavy atom. The van der Waals surface area contributed by atoms with Gasteiger partial charge in [-0.25, -0.2) is 8.42 Å². The van der Waals surface area contributed by atoms with Gasteiger partial charge in [0.05, 0.1) is 16.1 Å². The minimum absolute atomic E-state index is 0.0110. The summed E-state index contributed by atoms with van der Waals surface area (Å²) in [6.07, 6.45) is 0.794. The number of sulfonamides is 1. The summed E-state index contributed by atoms with van der Waals surface area (Å²) in [6, 6.07) is 11.6. The Balaban J connectivity index is 2.33. The van der Waals surface area contributed by atoms with E-state index in [4.69, 9.17) is 0 Å². The molecule has 0 radical (unpaired) electrons. The van der Waals surface area contributed by atoms with E-state index in [0.29, 0.717) is 5.56 Å². The standard InChI is InChI=1S/C19H24N2O3S/c1-5-15(4)20-19(22)17-8-6-7-9-18(17)21-25(23,24)16-11-10-13(2)14(3)12-16/h6-12,15,21H,5H2,1-4H3,(H,20,22). The molecule has 134 valence electrons. The van der Waals surface area contributed by atoms with Crippen molar-refractivity contribution in [2.75, 3.05) is 4.72 Å². The number of hydrogen-bond acceptors (Lipinski definition) is 3. The van der Waals surface area contributed by atoms with Gasteiger partial charge in [-0.2, -0.15) is 0 Å². The van der Waals surface area contributed by atoms with Crippen molar-refractivity contribution in [3.8, 4) is 0 Å². The zero-order chi connectivity index (χ0) is 18.6. The molecule has 0 aliphatic rings. The molecular formula is C19H24N2O3S. The lowest BCUT2D eigenvalue weighted by Gasteiger charge is -2.15. The van der Waals surface area contributed by atoms with Gasteiger partial charge in [0.2, 0.25) is 0 Å². The smallest absolute Gasteiger partial charge is 0.261 e. The number of nitrogens with one attached hydrogen (secondary N) is 2. The Bertz CT molecular complexity index is 876. The van der Waals surface area contributed by atoms with Gasteiger partial charge in [-0.05, 0) is 62.6 Å². The Hall–Kier alpha value is -2.34. The van der Waals surface area contributed by atoms with Gasteiger partial charge in [-0.1, -0.05) is 25.1 Å². The number of anilines is 1. The average molecular weight is 360 g/mol. The summed E-state index contributed by atoms with van der Waals surface area (Å²) in [4.78, 5) is 12.6. The summed E-state index contributed by atoms with van der Waals surface area (Å²) >= 11 is 0.